The molecule has 94 valence electrons. The van der Waals surface area contributed by atoms with E-state index >= 15 is 0 Å². The van der Waals surface area contributed by atoms with Gasteiger partial charge in [0.1, 0.15) is 0 Å². The molecule has 0 saturated heterocycles. The van der Waals surface area contributed by atoms with E-state index in [9.17, 15) is 4.79 Å². The highest BCUT2D eigenvalue weighted by molar-refractivity contribution is 5.90. The molecule has 0 aliphatic carbocycles. The average molecular weight is 244 g/mol. The number of aromatic nitrogens is 2. The smallest absolute Gasteiger partial charge is 0.338 e. The van der Waals surface area contributed by atoms with E-state index in [1.807, 2.05) is 36.6 Å². The fourth-order valence-corrected chi connectivity index (χ4v) is 1.85. The lowest BCUT2D eigenvalue weighted by molar-refractivity contribution is 0.0599. The molecule has 0 aliphatic rings. The van der Waals surface area contributed by atoms with Gasteiger partial charge in [-0.25, -0.2) is 9.78 Å². The predicted octanol–water partition coefficient (Wildman–Crippen LogP) is 2.33. The van der Waals surface area contributed by atoms with Crippen LogP contribution in [0, 0.1) is 13.8 Å². The number of nitrogens with zero attached hydrogens (tertiary/aromatic N) is 2. The van der Waals surface area contributed by atoms with E-state index in [2.05, 4.69) is 4.98 Å². The van der Waals surface area contributed by atoms with E-state index in [-0.39, 0.29) is 5.97 Å². The number of esters is 1. The molecule has 4 nitrogen and oxygen atoms in total. The average Bonchev–Trinajstić information content (AvgIpc) is 2.70. The van der Waals surface area contributed by atoms with Crippen LogP contribution >= 0.6 is 0 Å². The third kappa shape index (κ3) is 2.27. The number of ether oxygens (including phenoxy) is 1. The number of methoxy groups -OCH3 is 1. The molecular formula is C14H16N2O2. The van der Waals surface area contributed by atoms with Crippen LogP contribution in [0.2, 0.25) is 0 Å². The molecule has 0 saturated carbocycles. The third-order valence-electron chi connectivity index (χ3n) is 3.11. The van der Waals surface area contributed by atoms with Crippen molar-refractivity contribution in [3.05, 3.63) is 53.1 Å². The summed E-state index contributed by atoms with van der Waals surface area (Å²) in [7, 11) is 1.39. The molecule has 0 aliphatic heterocycles. The summed E-state index contributed by atoms with van der Waals surface area (Å²) in [6.45, 7) is 4.61. The molecule has 1 aromatic heterocycles. The largest absolute Gasteiger partial charge is 0.465 e. The lowest BCUT2D eigenvalue weighted by atomic mass is 10.1. The van der Waals surface area contributed by atoms with Crippen molar-refractivity contribution >= 4 is 5.97 Å². The molecule has 18 heavy (non-hydrogen) atoms. The number of rotatable bonds is 3. The number of imidazole rings is 1. The number of carbonyl (C=O) groups is 1. The summed E-state index contributed by atoms with van der Waals surface area (Å²) in [5.41, 5.74) is 3.65. The van der Waals surface area contributed by atoms with Crippen LogP contribution in [0.5, 0.6) is 0 Å². The van der Waals surface area contributed by atoms with Crippen molar-refractivity contribution in [1.82, 2.24) is 9.55 Å². The summed E-state index contributed by atoms with van der Waals surface area (Å²) < 4.78 is 6.81. The second kappa shape index (κ2) is 5.04. The Labute approximate surface area is 106 Å². The maximum absolute atomic E-state index is 11.7. The van der Waals surface area contributed by atoms with E-state index < -0.39 is 0 Å². The van der Waals surface area contributed by atoms with Crippen molar-refractivity contribution in [3.63, 3.8) is 0 Å². The molecular weight excluding hydrogens is 228 g/mol. The van der Waals surface area contributed by atoms with Crippen molar-refractivity contribution in [2.24, 2.45) is 0 Å². The van der Waals surface area contributed by atoms with Crippen LogP contribution in [0.25, 0.3) is 0 Å². The summed E-state index contributed by atoms with van der Waals surface area (Å²) in [5.74, 6) is -0.305. The summed E-state index contributed by atoms with van der Waals surface area (Å²) in [5, 5.41) is 0. The van der Waals surface area contributed by atoms with Gasteiger partial charge < -0.3 is 9.30 Å². The van der Waals surface area contributed by atoms with Crippen LogP contribution in [0.3, 0.4) is 0 Å². The second-order valence-corrected chi connectivity index (χ2v) is 4.19. The van der Waals surface area contributed by atoms with Gasteiger partial charge in [0.25, 0.3) is 0 Å². The molecule has 4 heteroatoms. The number of carbonyl (C=O) groups excluding carboxylic acids is 1. The minimum absolute atomic E-state index is 0.305. The molecule has 2 aromatic rings. The van der Waals surface area contributed by atoms with Crippen LogP contribution in [0.15, 0.2) is 30.6 Å². The standard InChI is InChI=1S/C14H16N2O2/c1-10-11(2)16(9-15-10)8-12-6-4-5-7-13(12)14(17)18-3/h4-7,9H,8H2,1-3H3. The first-order valence-corrected chi connectivity index (χ1v) is 5.78. The Kier molecular flexibility index (Phi) is 3.46. The van der Waals surface area contributed by atoms with E-state index in [1.54, 1.807) is 12.4 Å². The zero-order valence-electron chi connectivity index (χ0n) is 10.8. The molecule has 0 bridgehead atoms. The van der Waals surface area contributed by atoms with E-state index in [4.69, 9.17) is 4.74 Å². The minimum Gasteiger partial charge on any atom is -0.465 e. The molecule has 0 amide bonds. The van der Waals surface area contributed by atoms with Gasteiger partial charge in [-0.2, -0.15) is 0 Å². The normalized spacial score (nSPS) is 10.4. The van der Waals surface area contributed by atoms with Gasteiger partial charge in [0.15, 0.2) is 0 Å². The minimum atomic E-state index is -0.305. The summed E-state index contributed by atoms with van der Waals surface area (Å²) in [6.07, 6.45) is 1.79. The fraction of sp³-hybridized carbons (Fsp3) is 0.286. The summed E-state index contributed by atoms with van der Waals surface area (Å²) in [6, 6.07) is 7.46. The Hall–Kier alpha value is -2.10. The Balaban J connectivity index is 2.35. The highest BCUT2D eigenvalue weighted by atomic mass is 16.5. The van der Waals surface area contributed by atoms with Crippen LogP contribution in [0.1, 0.15) is 27.3 Å². The highest BCUT2D eigenvalue weighted by Crippen LogP contribution is 2.14. The van der Waals surface area contributed by atoms with Gasteiger partial charge in [-0.1, -0.05) is 18.2 Å². The zero-order chi connectivity index (χ0) is 13.1. The van der Waals surface area contributed by atoms with Crippen LogP contribution in [0.4, 0.5) is 0 Å². The Bertz CT molecular complexity index is 573. The van der Waals surface area contributed by atoms with Crippen molar-refractivity contribution in [1.29, 1.82) is 0 Å². The lowest BCUT2D eigenvalue weighted by Gasteiger charge is -2.09. The maximum Gasteiger partial charge on any atom is 0.338 e. The van der Waals surface area contributed by atoms with Crippen molar-refractivity contribution in [2.45, 2.75) is 20.4 Å². The van der Waals surface area contributed by atoms with Crippen LogP contribution in [-0.2, 0) is 11.3 Å². The first-order valence-electron chi connectivity index (χ1n) is 5.78. The Morgan fingerprint density at radius 3 is 2.67 bits per heavy atom. The third-order valence-corrected chi connectivity index (χ3v) is 3.11. The first kappa shape index (κ1) is 12.4. The van der Waals surface area contributed by atoms with Crippen molar-refractivity contribution in [3.8, 4) is 0 Å². The quantitative estimate of drug-likeness (QED) is 0.778. The first-order chi connectivity index (χ1) is 8.63. The number of benzene rings is 1. The maximum atomic E-state index is 11.7. The number of hydrogen-bond acceptors (Lipinski definition) is 3. The molecule has 0 fully saturated rings. The van der Waals surface area contributed by atoms with E-state index in [0.29, 0.717) is 12.1 Å². The Morgan fingerprint density at radius 1 is 1.33 bits per heavy atom. The second-order valence-electron chi connectivity index (χ2n) is 4.19. The van der Waals surface area contributed by atoms with Crippen LogP contribution in [-0.4, -0.2) is 22.6 Å². The van der Waals surface area contributed by atoms with E-state index in [0.717, 1.165) is 17.0 Å². The van der Waals surface area contributed by atoms with E-state index in [1.165, 1.54) is 7.11 Å². The van der Waals surface area contributed by atoms with Gasteiger partial charge in [0.2, 0.25) is 0 Å². The number of aryl methyl sites for hydroxylation is 1. The van der Waals surface area contributed by atoms with Gasteiger partial charge in [-0.3, -0.25) is 0 Å². The fourth-order valence-electron chi connectivity index (χ4n) is 1.85. The molecule has 0 radical (unpaired) electrons. The topological polar surface area (TPSA) is 44.1 Å². The Morgan fingerprint density at radius 2 is 2.06 bits per heavy atom. The molecule has 1 heterocycles. The lowest BCUT2D eigenvalue weighted by Crippen LogP contribution is -2.09. The zero-order valence-corrected chi connectivity index (χ0v) is 10.8. The van der Waals surface area contributed by atoms with Crippen LogP contribution < -0.4 is 0 Å². The van der Waals surface area contributed by atoms with Gasteiger partial charge in [0.05, 0.1) is 24.7 Å². The molecule has 0 spiro atoms. The molecule has 0 N–H and O–H groups in total. The van der Waals surface area contributed by atoms with Gasteiger partial charge in [-0.15, -0.1) is 0 Å². The van der Waals surface area contributed by atoms with Crippen molar-refractivity contribution in [2.75, 3.05) is 7.11 Å². The highest BCUT2D eigenvalue weighted by Gasteiger charge is 2.12. The molecule has 1 aromatic carbocycles. The molecule has 2 rings (SSSR count). The monoisotopic (exact) mass is 244 g/mol. The summed E-state index contributed by atoms with van der Waals surface area (Å²) in [4.78, 5) is 15.9. The number of hydrogen-bond donors (Lipinski definition) is 0. The molecule has 0 unspecified atom stereocenters. The van der Waals surface area contributed by atoms with Crippen molar-refractivity contribution < 1.29 is 9.53 Å². The molecule has 0 atom stereocenters. The summed E-state index contributed by atoms with van der Waals surface area (Å²) >= 11 is 0. The SMILES string of the molecule is COC(=O)c1ccccc1Cn1cnc(C)c1C. The van der Waals surface area contributed by atoms with Gasteiger partial charge >= 0.3 is 5.97 Å². The van der Waals surface area contributed by atoms with Gasteiger partial charge in [-0.05, 0) is 25.5 Å². The predicted molar refractivity (Wildman–Crippen MR) is 68.6 cm³/mol. The van der Waals surface area contributed by atoms with Gasteiger partial charge in [0, 0.05) is 12.2 Å².